The summed E-state index contributed by atoms with van der Waals surface area (Å²) in [5, 5.41) is 3.44. The van der Waals surface area contributed by atoms with Gasteiger partial charge in [0.25, 0.3) is 0 Å². The molecule has 0 saturated heterocycles. The number of hydrogen-bond donors (Lipinski definition) is 2. The minimum Gasteiger partial charge on any atom is -0.389 e. The van der Waals surface area contributed by atoms with Gasteiger partial charge in [-0.05, 0) is 45.9 Å². The molecule has 3 N–H and O–H groups in total. The van der Waals surface area contributed by atoms with Crippen LogP contribution in [0.2, 0.25) is 0 Å². The molecule has 0 amide bonds. The third-order valence-electron chi connectivity index (χ3n) is 3.26. The van der Waals surface area contributed by atoms with E-state index in [-0.39, 0.29) is 0 Å². The van der Waals surface area contributed by atoms with Crippen LogP contribution in [0.4, 0.5) is 5.69 Å². The fourth-order valence-electron chi connectivity index (χ4n) is 2.31. The van der Waals surface area contributed by atoms with E-state index in [0.717, 1.165) is 28.8 Å². The van der Waals surface area contributed by atoms with E-state index >= 15 is 0 Å². The third kappa shape index (κ3) is 5.04. The van der Waals surface area contributed by atoms with Gasteiger partial charge in [0, 0.05) is 40.9 Å². The highest BCUT2D eigenvalue weighted by Crippen LogP contribution is 2.21. The molecule has 0 spiro atoms. The molecule has 3 nitrogen and oxygen atoms in total. The highest BCUT2D eigenvalue weighted by Gasteiger charge is 2.13. The van der Waals surface area contributed by atoms with Crippen molar-refractivity contribution in [2.45, 2.75) is 39.8 Å². The van der Waals surface area contributed by atoms with E-state index in [9.17, 15) is 0 Å². The third-order valence-corrected chi connectivity index (χ3v) is 3.97. The van der Waals surface area contributed by atoms with Crippen LogP contribution in [0.1, 0.15) is 33.3 Å². The van der Waals surface area contributed by atoms with Gasteiger partial charge in [-0.1, -0.05) is 28.1 Å². The topological polar surface area (TPSA) is 41.3 Å². The van der Waals surface area contributed by atoms with Crippen LogP contribution < -0.4 is 11.1 Å². The van der Waals surface area contributed by atoms with Gasteiger partial charge in [-0.15, -0.1) is 0 Å². The predicted molar refractivity (Wildman–Crippen MR) is 95.5 cm³/mol. The largest absolute Gasteiger partial charge is 0.389 e. The molecule has 5 heteroatoms. The molecule has 1 aromatic rings. The molecule has 0 unspecified atom stereocenters. The summed E-state index contributed by atoms with van der Waals surface area (Å²) in [7, 11) is 0. The molecule has 0 aromatic heterocycles. The Bertz CT molecular complexity index is 452. The zero-order chi connectivity index (χ0) is 15.3. The maximum absolute atomic E-state index is 5.76. The van der Waals surface area contributed by atoms with Gasteiger partial charge in [0.15, 0.2) is 0 Å². The first-order valence-corrected chi connectivity index (χ1v) is 8.12. The van der Waals surface area contributed by atoms with Crippen molar-refractivity contribution in [3.05, 3.63) is 28.2 Å². The molecule has 0 saturated carbocycles. The number of benzene rings is 1. The lowest BCUT2D eigenvalue weighted by Crippen LogP contribution is -2.40. The molecular weight excluding hydrogens is 334 g/mol. The second-order valence-corrected chi connectivity index (χ2v) is 6.76. The van der Waals surface area contributed by atoms with E-state index in [1.165, 1.54) is 0 Å². The summed E-state index contributed by atoms with van der Waals surface area (Å²) in [6.07, 6.45) is 0. The lowest BCUT2D eigenvalue weighted by atomic mass is 10.1. The predicted octanol–water partition coefficient (Wildman–Crippen LogP) is 3.61. The summed E-state index contributed by atoms with van der Waals surface area (Å²) in [5.41, 5.74) is 7.64. The van der Waals surface area contributed by atoms with Gasteiger partial charge in [0.2, 0.25) is 0 Å². The Morgan fingerprint density at radius 1 is 1.30 bits per heavy atom. The summed E-state index contributed by atoms with van der Waals surface area (Å²) in [4.78, 5) is 2.87. The molecule has 0 atom stereocenters. The summed E-state index contributed by atoms with van der Waals surface area (Å²) in [5.74, 6) is 0. The Morgan fingerprint density at radius 3 is 2.40 bits per heavy atom. The van der Waals surface area contributed by atoms with Gasteiger partial charge < -0.3 is 11.1 Å². The standard InChI is InChI=1S/C15H24BrN3S/c1-10(2)19(11(3)4)8-7-18-14-9-12(16)5-6-13(14)15(17)20/h5-6,9-11,18H,7-8H2,1-4H3,(H2,17,20). The van der Waals surface area contributed by atoms with Crippen molar-refractivity contribution in [1.82, 2.24) is 4.90 Å². The van der Waals surface area contributed by atoms with Crippen LogP contribution in [0.5, 0.6) is 0 Å². The number of anilines is 1. The van der Waals surface area contributed by atoms with E-state index in [2.05, 4.69) is 53.8 Å². The van der Waals surface area contributed by atoms with E-state index in [0.29, 0.717) is 17.1 Å². The van der Waals surface area contributed by atoms with Crippen LogP contribution >= 0.6 is 28.1 Å². The van der Waals surface area contributed by atoms with Crippen LogP contribution in [-0.4, -0.2) is 35.1 Å². The van der Waals surface area contributed by atoms with Crippen molar-refractivity contribution < 1.29 is 0 Å². The number of rotatable bonds is 7. The second kappa shape index (κ2) is 7.96. The summed E-state index contributed by atoms with van der Waals surface area (Å²) >= 11 is 8.57. The zero-order valence-electron chi connectivity index (χ0n) is 12.6. The number of nitrogens with one attached hydrogen (secondary N) is 1. The Balaban J connectivity index is 2.70. The Hall–Kier alpha value is -0.650. The van der Waals surface area contributed by atoms with E-state index in [1.807, 2.05) is 18.2 Å². The molecule has 0 aliphatic carbocycles. The van der Waals surface area contributed by atoms with Gasteiger partial charge in [0.1, 0.15) is 4.99 Å². The highest BCUT2D eigenvalue weighted by atomic mass is 79.9. The Kier molecular flexibility index (Phi) is 6.92. The summed E-state index contributed by atoms with van der Waals surface area (Å²) in [6.45, 7) is 10.7. The first kappa shape index (κ1) is 17.4. The fraction of sp³-hybridized carbons (Fsp3) is 0.533. The van der Waals surface area contributed by atoms with Crippen molar-refractivity contribution >= 4 is 38.8 Å². The Morgan fingerprint density at radius 2 is 1.90 bits per heavy atom. The van der Waals surface area contributed by atoms with Crippen molar-refractivity contribution in [3.63, 3.8) is 0 Å². The van der Waals surface area contributed by atoms with E-state index < -0.39 is 0 Å². The first-order valence-electron chi connectivity index (χ1n) is 6.92. The van der Waals surface area contributed by atoms with Gasteiger partial charge in [-0.3, -0.25) is 4.90 Å². The van der Waals surface area contributed by atoms with Crippen molar-refractivity contribution in [2.75, 3.05) is 18.4 Å². The first-order chi connectivity index (χ1) is 9.32. The molecule has 0 heterocycles. The summed E-state index contributed by atoms with van der Waals surface area (Å²) < 4.78 is 1.02. The minimum absolute atomic E-state index is 0.421. The van der Waals surface area contributed by atoms with Crippen molar-refractivity contribution in [2.24, 2.45) is 5.73 Å². The quantitative estimate of drug-likeness (QED) is 0.731. The normalized spacial score (nSPS) is 11.4. The number of nitrogens with zero attached hydrogens (tertiary/aromatic N) is 1. The molecule has 1 aromatic carbocycles. The van der Waals surface area contributed by atoms with E-state index in [4.69, 9.17) is 18.0 Å². The van der Waals surface area contributed by atoms with Crippen molar-refractivity contribution in [3.8, 4) is 0 Å². The van der Waals surface area contributed by atoms with Crippen LogP contribution in [0.15, 0.2) is 22.7 Å². The number of thiocarbonyl (C=S) groups is 1. The van der Waals surface area contributed by atoms with Gasteiger partial charge in [0.05, 0.1) is 0 Å². The molecular formula is C15H24BrN3S. The molecule has 0 radical (unpaired) electrons. The lowest BCUT2D eigenvalue weighted by molar-refractivity contribution is 0.182. The molecule has 20 heavy (non-hydrogen) atoms. The average molecular weight is 358 g/mol. The van der Waals surface area contributed by atoms with E-state index in [1.54, 1.807) is 0 Å². The average Bonchev–Trinajstić information content (AvgIpc) is 2.33. The number of halogens is 1. The van der Waals surface area contributed by atoms with Gasteiger partial charge in [-0.25, -0.2) is 0 Å². The van der Waals surface area contributed by atoms with Gasteiger partial charge >= 0.3 is 0 Å². The van der Waals surface area contributed by atoms with Crippen LogP contribution in [0.3, 0.4) is 0 Å². The van der Waals surface area contributed by atoms with Crippen LogP contribution in [0, 0.1) is 0 Å². The molecule has 0 aliphatic heterocycles. The maximum atomic E-state index is 5.76. The molecule has 0 bridgehead atoms. The highest BCUT2D eigenvalue weighted by molar-refractivity contribution is 9.10. The Labute approximate surface area is 136 Å². The number of nitrogens with two attached hydrogens (primary N) is 1. The molecule has 0 aliphatic rings. The monoisotopic (exact) mass is 357 g/mol. The zero-order valence-corrected chi connectivity index (χ0v) is 15.0. The maximum Gasteiger partial charge on any atom is 0.106 e. The molecule has 1 rings (SSSR count). The molecule has 0 fully saturated rings. The summed E-state index contributed by atoms with van der Waals surface area (Å²) in [6, 6.07) is 6.98. The fourth-order valence-corrected chi connectivity index (χ4v) is 2.85. The van der Waals surface area contributed by atoms with Crippen LogP contribution in [0.25, 0.3) is 0 Å². The van der Waals surface area contributed by atoms with Crippen molar-refractivity contribution in [1.29, 1.82) is 0 Å². The minimum atomic E-state index is 0.421. The second-order valence-electron chi connectivity index (χ2n) is 5.41. The lowest BCUT2D eigenvalue weighted by Gasteiger charge is -2.30. The van der Waals surface area contributed by atoms with Gasteiger partial charge in [-0.2, -0.15) is 0 Å². The smallest absolute Gasteiger partial charge is 0.106 e. The number of hydrogen-bond acceptors (Lipinski definition) is 3. The van der Waals surface area contributed by atoms with Crippen LogP contribution in [-0.2, 0) is 0 Å². The molecule has 112 valence electrons. The SMILES string of the molecule is CC(C)N(CCNc1cc(Br)ccc1C(N)=S)C(C)C.